The molecule has 0 atom stereocenters. The van der Waals surface area contributed by atoms with E-state index in [4.69, 9.17) is 0 Å². The van der Waals surface area contributed by atoms with Crippen LogP contribution in [-0.2, 0) is 5.41 Å². The second kappa shape index (κ2) is 18.9. The zero-order valence-corrected chi connectivity index (χ0v) is 43.1. The van der Waals surface area contributed by atoms with E-state index in [9.17, 15) is 0 Å². The summed E-state index contributed by atoms with van der Waals surface area (Å²) in [6.07, 6.45) is 0. The SMILES string of the molecule is Cc1ccc2c(c1)c1cc(C)ccc1n2-c1ccc(-c2ccc(-c3ccc(N(c4ccc5c(c4)C(c4ccccc4)(c4ccccc4)c4ccccc4-5)c4ccccc4-c4cccc(-c5ccccc5)c4)cc3)cc2)cc1. The van der Waals surface area contributed by atoms with E-state index in [1.807, 2.05) is 0 Å². The minimum atomic E-state index is -0.539. The summed E-state index contributed by atoms with van der Waals surface area (Å²) >= 11 is 0. The van der Waals surface area contributed by atoms with E-state index in [0.717, 1.165) is 39.4 Å². The first-order valence-corrected chi connectivity index (χ1v) is 26.7. The van der Waals surface area contributed by atoms with Gasteiger partial charge >= 0.3 is 0 Å². The molecule has 0 bridgehead atoms. The van der Waals surface area contributed by atoms with Crippen molar-refractivity contribution in [2.75, 3.05) is 4.90 Å². The molecule has 0 N–H and O–H groups in total. The van der Waals surface area contributed by atoms with Gasteiger partial charge in [-0.2, -0.15) is 0 Å². The third kappa shape index (κ3) is 7.80. The van der Waals surface area contributed by atoms with Crippen LogP contribution in [0.1, 0.15) is 33.4 Å². The normalized spacial score (nSPS) is 12.4. The Labute approximate surface area is 451 Å². The highest BCUT2D eigenvalue weighted by molar-refractivity contribution is 6.10. The lowest BCUT2D eigenvalue weighted by atomic mass is 9.67. The van der Waals surface area contributed by atoms with Crippen LogP contribution in [0.3, 0.4) is 0 Å². The van der Waals surface area contributed by atoms with Gasteiger partial charge in [-0.05, 0) is 159 Å². The van der Waals surface area contributed by atoms with E-state index < -0.39 is 5.41 Å². The van der Waals surface area contributed by atoms with Gasteiger partial charge in [0.25, 0.3) is 0 Å². The molecule has 1 aliphatic carbocycles. The van der Waals surface area contributed by atoms with Crippen LogP contribution in [0, 0.1) is 13.8 Å². The Morgan fingerprint density at radius 2 is 0.753 bits per heavy atom. The van der Waals surface area contributed by atoms with Gasteiger partial charge in [0.2, 0.25) is 0 Å². The van der Waals surface area contributed by atoms with E-state index in [1.54, 1.807) is 0 Å². The highest BCUT2D eigenvalue weighted by atomic mass is 15.1. The second-order valence-electron chi connectivity index (χ2n) is 20.6. The van der Waals surface area contributed by atoms with Gasteiger partial charge in [0.15, 0.2) is 0 Å². The standard InChI is InChI=1S/C75H54N2/c1-51-29-45-73-68(47-51)69-48-52(2)30-46-74(69)77(73)63-41-37-57(38-42-63)55-33-31-54(32-34-55)56-35-39-62(40-36-56)76(72-28-15-13-25-65(72)59-20-16-19-58(49-59)53-17-6-3-7-18-53)64-43-44-67-66-26-12-14-27-70(66)75(71(67)50-64,60-21-8-4-9-22-60)61-23-10-5-11-24-61/h3-50H,1-2H3. The highest BCUT2D eigenvalue weighted by Gasteiger charge is 2.46. The lowest BCUT2D eigenvalue weighted by Crippen LogP contribution is -2.28. The van der Waals surface area contributed by atoms with E-state index >= 15 is 0 Å². The van der Waals surface area contributed by atoms with Crippen LogP contribution in [0.15, 0.2) is 291 Å². The minimum absolute atomic E-state index is 0.539. The maximum absolute atomic E-state index is 2.47. The predicted octanol–water partition coefficient (Wildman–Crippen LogP) is 19.9. The molecule has 0 aliphatic heterocycles. The molecule has 0 radical (unpaired) electrons. The quantitative estimate of drug-likeness (QED) is 0.133. The molecule has 0 fully saturated rings. The lowest BCUT2D eigenvalue weighted by Gasteiger charge is -2.35. The Kier molecular flexibility index (Phi) is 11.2. The molecule has 1 heterocycles. The number of aromatic nitrogens is 1. The smallest absolute Gasteiger partial charge is 0.0714 e. The number of benzene rings is 12. The topological polar surface area (TPSA) is 8.17 Å². The summed E-state index contributed by atoms with van der Waals surface area (Å²) in [5.41, 5.74) is 25.9. The van der Waals surface area contributed by atoms with Gasteiger partial charge in [0.05, 0.1) is 22.1 Å². The van der Waals surface area contributed by atoms with Crippen molar-refractivity contribution >= 4 is 38.9 Å². The van der Waals surface area contributed by atoms with Crippen molar-refractivity contribution in [1.82, 2.24) is 4.57 Å². The summed E-state index contributed by atoms with van der Waals surface area (Å²) in [6, 6.07) is 108. The molecule has 0 spiro atoms. The van der Waals surface area contributed by atoms with Crippen LogP contribution in [0.25, 0.3) is 83.1 Å². The maximum atomic E-state index is 2.47. The Bertz CT molecular complexity index is 4210. The molecular formula is C75H54N2. The van der Waals surface area contributed by atoms with E-state index in [-0.39, 0.29) is 0 Å². The average Bonchev–Trinajstić information content (AvgIpc) is 4.05. The van der Waals surface area contributed by atoms with Crippen molar-refractivity contribution in [2.45, 2.75) is 19.3 Å². The van der Waals surface area contributed by atoms with Crippen molar-refractivity contribution in [3.63, 3.8) is 0 Å². The first-order valence-electron chi connectivity index (χ1n) is 26.7. The molecule has 13 aromatic rings. The summed E-state index contributed by atoms with van der Waals surface area (Å²) in [5, 5.41) is 2.59. The number of hydrogen-bond acceptors (Lipinski definition) is 1. The zero-order chi connectivity index (χ0) is 51.5. The molecular weight excluding hydrogens is 929 g/mol. The number of rotatable bonds is 10. The van der Waals surface area contributed by atoms with Gasteiger partial charge in [-0.3, -0.25) is 0 Å². The average molecular weight is 983 g/mol. The molecule has 12 aromatic carbocycles. The van der Waals surface area contributed by atoms with Gasteiger partial charge in [0.1, 0.15) is 0 Å². The monoisotopic (exact) mass is 982 g/mol. The molecule has 1 aliphatic rings. The third-order valence-corrected chi connectivity index (χ3v) is 16.0. The first kappa shape index (κ1) is 45.8. The van der Waals surface area contributed by atoms with Crippen molar-refractivity contribution in [3.8, 4) is 61.3 Å². The fraction of sp³-hybridized carbons (Fsp3) is 0.0400. The molecule has 0 saturated heterocycles. The van der Waals surface area contributed by atoms with Gasteiger partial charge in [-0.1, -0.05) is 230 Å². The Morgan fingerprint density at radius 3 is 1.36 bits per heavy atom. The molecule has 0 amide bonds. The highest BCUT2D eigenvalue weighted by Crippen LogP contribution is 2.57. The van der Waals surface area contributed by atoms with E-state index in [0.29, 0.717) is 0 Å². The van der Waals surface area contributed by atoms with Crippen LogP contribution in [0.5, 0.6) is 0 Å². The fourth-order valence-electron chi connectivity index (χ4n) is 12.4. The summed E-state index contributed by atoms with van der Waals surface area (Å²) in [5.74, 6) is 0. The molecule has 1 aromatic heterocycles. The maximum Gasteiger partial charge on any atom is 0.0714 e. The van der Waals surface area contributed by atoms with Crippen molar-refractivity contribution < 1.29 is 0 Å². The largest absolute Gasteiger partial charge is 0.310 e. The Hall–Kier alpha value is -9.76. The van der Waals surface area contributed by atoms with E-state index in [2.05, 4.69) is 315 Å². The van der Waals surface area contributed by atoms with Crippen LogP contribution in [0.4, 0.5) is 17.1 Å². The lowest BCUT2D eigenvalue weighted by molar-refractivity contribution is 0.768. The number of fused-ring (bicyclic) bond motifs is 6. The molecule has 77 heavy (non-hydrogen) atoms. The van der Waals surface area contributed by atoms with Crippen molar-refractivity contribution in [1.29, 1.82) is 0 Å². The number of para-hydroxylation sites is 1. The summed E-state index contributed by atoms with van der Waals surface area (Å²) < 4.78 is 2.40. The van der Waals surface area contributed by atoms with Gasteiger partial charge < -0.3 is 9.47 Å². The molecule has 14 rings (SSSR count). The molecule has 2 nitrogen and oxygen atoms in total. The molecule has 0 unspecified atom stereocenters. The number of nitrogens with zero attached hydrogens (tertiary/aromatic N) is 2. The van der Waals surface area contributed by atoms with E-state index in [1.165, 1.54) is 94.1 Å². The number of anilines is 3. The van der Waals surface area contributed by atoms with Gasteiger partial charge in [-0.25, -0.2) is 0 Å². The van der Waals surface area contributed by atoms with Gasteiger partial charge in [-0.15, -0.1) is 0 Å². The summed E-state index contributed by atoms with van der Waals surface area (Å²) in [4.78, 5) is 2.46. The number of aryl methyl sites for hydroxylation is 2. The predicted molar refractivity (Wildman–Crippen MR) is 324 cm³/mol. The van der Waals surface area contributed by atoms with Crippen molar-refractivity contribution in [3.05, 3.63) is 325 Å². The first-order chi connectivity index (χ1) is 38.0. The molecule has 364 valence electrons. The molecule has 2 heteroatoms. The third-order valence-electron chi connectivity index (χ3n) is 16.0. The zero-order valence-electron chi connectivity index (χ0n) is 43.1. The minimum Gasteiger partial charge on any atom is -0.310 e. The summed E-state index contributed by atoms with van der Waals surface area (Å²) in [6.45, 7) is 4.35. The van der Waals surface area contributed by atoms with Crippen LogP contribution in [-0.4, -0.2) is 4.57 Å². The Morgan fingerprint density at radius 1 is 0.299 bits per heavy atom. The van der Waals surface area contributed by atoms with Gasteiger partial charge in [0, 0.05) is 33.4 Å². The summed E-state index contributed by atoms with van der Waals surface area (Å²) in [7, 11) is 0. The number of hydrogen-bond donors (Lipinski definition) is 0. The fourth-order valence-corrected chi connectivity index (χ4v) is 12.4. The van der Waals surface area contributed by atoms with Crippen LogP contribution >= 0.6 is 0 Å². The second-order valence-corrected chi connectivity index (χ2v) is 20.6. The Balaban J connectivity index is 0.859. The van der Waals surface area contributed by atoms with Crippen LogP contribution < -0.4 is 4.90 Å². The van der Waals surface area contributed by atoms with Crippen molar-refractivity contribution in [2.24, 2.45) is 0 Å². The van der Waals surface area contributed by atoms with Crippen LogP contribution in [0.2, 0.25) is 0 Å². The molecule has 0 saturated carbocycles.